The third-order valence-corrected chi connectivity index (χ3v) is 5.29. The third kappa shape index (κ3) is 5.29. The van der Waals surface area contributed by atoms with E-state index in [4.69, 9.17) is 0 Å². The summed E-state index contributed by atoms with van der Waals surface area (Å²) < 4.78 is 0. The molecule has 2 aliphatic heterocycles. The van der Waals surface area contributed by atoms with Crippen molar-refractivity contribution in [1.29, 1.82) is 0 Å². The second-order valence-corrected chi connectivity index (χ2v) is 7.35. The molecule has 0 saturated carbocycles. The highest BCUT2D eigenvalue weighted by molar-refractivity contribution is 5.93. The number of hydrogen-bond acceptors (Lipinski definition) is 4. The molecule has 6 nitrogen and oxygen atoms in total. The minimum atomic E-state index is -0.232. The minimum Gasteiger partial charge on any atom is -0.392 e. The molecule has 2 unspecified atom stereocenters. The number of likely N-dealkylation sites (tertiary alicyclic amines) is 2. The smallest absolute Gasteiger partial charge is 0.224 e. The molecule has 26 heavy (non-hydrogen) atoms. The number of β-amino-alcohol motifs (C(OH)–C–C–N with tert-alkyl or cyclic N) is 1. The van der Waals surface area contributed by atoms with Crippen molar-refractivity contribution in [3.63, 3.8) is 0 Å². The molecule has 2 atom stereocenters. The van der Waals surface area contributed by atoms with Gasteiger partial charge in [-0.3, -0.25) is 14.5 Å². The first-order chi connectivity index (χ1) is 12.6. The van der Waals surface area contributed by atoms with Gasteiger partial charge in [0.15, 0.2) is 0 Å². The predicted octanol–water partition coefficient (Wildman–Crippen LogP) is 1.85. The SMILES string of the molecule is O=C(CCC(=O)N1CCCCC1CN1CCC(O)C1)Nc1ccccc1. The van der Waals surface area contributed by atoms with Gasteiger partial charge in [0.05, 0.1) is 6.10 Å². The number of carbonyl (C=O) groups is 2. The second kappa shape index (κ2) is 9.14. The molecule has 0 bridgehead atoms. The molecule has 2 saturated heterocycles. The number of carbonyl (C=O) groups excluding carboxylic acids is 2. The predicted molar refractivity (Wildman–Crippen MR) is 101 cm³/mol. The van der Waals surface area contributed by atoms with Crippen LogP contribution >= 0.6 is 0 Å². The van der Waals surface area contributed by atoms with Crippen molar-refractivity contribution in [2.24, 2.45) is 0 Å². The number of anilines is 1. The molecule has 0 radical (unpaired) electrons. The second-order valence-electron chi connectivity index (χ2n) is 7.35. The quantitative estimate of drug-likeness (QED) is 0.813. The van der Waals surface area contributed by atoms with Crippen LogP contribution in [0, 0.1) is 0 Å². The summed E-state index contributed by atoms with van der Waals surface area (Å²) in [6.45, 7) is 3.22. The molecule has 2 fully saturated rings. The van der Waals surface area contributed by atoms with Crippen molar-refractivity contribution in [1.82, 2.24) is 9.80 Å². The molecule has 2 heterocycles. The molecule has 1 aromatic rings. The molecule has 1 aromatic carbocycles. The van der Waals surface area contributed by atoms with Gasteiger partial charge in [-0.1, -0.05) is 18.2 Å². The fourth-order valence-corrected chi connectivity index (χ4v) is 3.90. The maximum atomic E-state index is 12.7. The largest absolute Gasteiger partial charge is 0.392 e. The summed E-state index contributed by atoms with van der Waals surface area (Å²) in [4.78, 5) is 29.0. The normalized spacial score (nSPS) is 23.8. The molecule has 2 aliphatic rings. The fourth-order valence-electron chi connectivity index (χ4n) is 3.90. The van der Waals surface area contributed by atoms with Crippen molar-refractivity contribution in [2.75, 3.05) is 31.5 Å². The molecule has 3 rings (SSSR count). The molecular weight excluding hydrogens is 330 g/mol. The lowest BCUT2D eigenvalue weighted by molar-refractivity contribution is -0.136. The van der Waals surface area contributed by atoms with Crippen molar-refractivity contribution < 1.29 is 14.7 Å². The van der Waals surface area contributed by atoms with E-state index in [1.165, 1.54) is 0 Å². The van der Waals surface area contributed by atoms with Crippen LogP contribution in [0.5, 0.6) is 0 Å². The summed E-state index contributed by atoms with van der Waals surface area (Å²) in [5, 5.41) is 12.5. The van der Waals surface area contributed by atoms with Gasteiger partial charge < -0.3 is 15.3 Å². The number of piperidine rings is 1. The fraction of sp³-hybridized carbons (Fsp3) is 0.600. The molecule has 6 heteroatoms. The number of rotatable bonds is 6. The Kier molecular flexibility index (Phi) is 6.63. The Bertz CT molecular complexity index is 608. The number of amides is 2. The van der Waals surface area contributed by atoms with Crippen molar-refractivity contribution in [3.05, 3.63) is 30.3 Å². The van der Waals surface area contributed by atoms with Crippen LogP contribution in [0.2, 0.25) is 0 Å². The van der Waals surface area contributed by atoms with Crippen LogP contribution in [0.25, 0.3) is 0 Å². The van der Waals surface area contributed by atoms with E-state index in [9.17, 15) is 14.7 Å². The van der Waals surface area contributed by atoms with Gasteiger partial charge in [-0.15, -0.1) is 0 Å². The summed E-state index contributed by atoms with van der Waals surface area (Å²) in [5.41, 5.74) is 0.758. The van der Waals surface area contributed by atoms with Crippen molar-refractivity contribution in [3.8, 4) is 0 Å². The Balaban J connectivity index is 1.47. The van der Waals surface area contributed by atoms with E-state index >= 15 is 0 Å². The third-order valence-electron chi connectivity index (χ3n) is 5.29. The maximum absolute atomic E-state index is 12.7. The summed E-state index contributed by atoms with van der Waals surface area (Å²) in [5.74, 6) is -0.0570. The van der Waals surface area contributed by atoms with Gasteiger partial charge in [-0.2, -0.15) is 0 Å². The first-order valence-corrected chi connectivity index (χ1v) is 9.66. The van der Waals surface area contributed by atoms with Gasteiger partial charge in [0, 0.05) is 50.7 Å². The van der Waals surface area contributed by atoms with Crippen molar-refractivity contribution in [2.45, 2.75) is 50.7 Å². The van der Waals surface area contributed by atoms with E-state index in [0.717, 1.165) is 51.0 Å². The Morgan fingerprint density at radius 2 is 1.88 bits per heavy atom. The average molecular weight is 359 g/mol. The first kappa shape index (κ1) is 18.9. The summed E-state index contributed by atoms with van der Waals surface area (Å²) in [6.07, 6.45) is 4.22. The van der Waals surface area contributed by atoms with Crippen LogP contribution in [0.3, 0.4) is 0 Å². The Morgan fingerprint density at radius 1 is 1.08 bits per heavy atom. The van der Waals surface area contributed by atoms with Gasteiger partial charge in [0.25, 0.3) is 0 Å². The van der Waals surface area contributed by atoms with Crippen LogP contribution in [-0.4, -0.2) is 65.0 Å². The highest BCUT2D eigenvalue weighted by Crippen LogP contribution is 2.21. The summed E-state index contributed by atoms with van der Waals surface area (Å²) in [6, 6.07) is 9.52. The molecule has 142 valence electrons. The van der Waals surface area contributed by atoms with Crippen LogP contribution in [0.15, 0.2) is 30.3 Å². The van der Waals surface area contributed by atoms with E-state index in [2.05, 4.69) is 10.2 Å². The van der Waals surface area contributed by atoms with Crippen LogP contribution in [0.1, 0.15) is 38.5 Å². The topological polar surface area (TPSA) is 72.9 Å². The summed E-state index contributed by atoms with van der Waals surface area (Å²) in [7, 11) is 0. The zero-order chi connectivity index (χ0) is 18.4. The lowest BCUT2D eigenvalue weighted by Crippen LogP contribution is -2.49. The first-order valence-electron chi connectivity index (χ1n) is 9.66. The van der Waals surface area contributed by atoms with Gasteiger partial charge in [0.1, 0.15) is 0 Å². The molecule has 0 spiro atoms. The van der Waals surface area contributed by atoms with Gasteiger partial charge in [-0.25, -0.2) is 0 Å². The zero-order valence-electron chi connectivity index (χ0n) is 15.3. The molecule has 2 N–H and O–H groups in total. The number of aliphatic hydroxyl groups is 1. The molecular formula is C20H29N3O3. The number of aliphatic hydroxyl groups excluding tert-OH is 1. The highest BCUT2D eigenvalue weighted by atomic mass is 16.3. The Morgan fingerprint density at radius 3 is 2.62 bits per heavy atom. The highest BCUT2D eigenvalue weighted by Gasteiger charge is 2.30. The Hall–Kier alpha value is -1.92. The lowest BCUT2D eigenvalue weighted by Gasteiger charge is -2.38. The maximum Gasteiger partial charge on any atom is 0.224 e. The van der Waals surface area contributed by atoms with Crippen LogP contribution in [0.4, 0.5) is 5.69 Å². The van der Waals surface area contributed by atoms with Gasteiger partial charge >= 0.3 is 0 Å². The van der Waals surface area contributed by atoms with E-state index < -0.39 is 0 Å². The van der Waals surface area contributed by atoms with Gasteiger partial charge in [0.2, 0.25) is 11.8 Å². The number of hydrogen-bond donors (Lipinski definition) is 2. The minimum absolute atomic E-state index is 0.0673. The average Bonchev–Trinajstić information content (AvgIpc) is 3.06. The number of nitrogens with zero attached hydrogens (tertiary/aromatic N) is 2. The standard InChI is InChI=1S/C20H29N3O3/c24-18-11-13-22(15-18)14-17-8-4-5-12-23(17)20(26)10-9-19(25)21-16-6-2-1-3-7-16/h1-3,6-7,17-18,24H,4-5,8-15H2,(H,21,25). The number of benzene rings is 1. The zero-order valence-corrected chi connectivity index (χ0v) is 15.3. The van der Waals surface area contributed by atoms with E-state index in [1.807, 2.05) is 35.2 Å². The number of nitrogens with one attached hydrogen (secondary N) is 1. The Labute approximate surface area is 155 Å². The van der Waals surface area contributed by atoms with Crippen molar-refractivity contribution >= 4 is 17.5 Å². The van der Waals surface area contributed by atoms with Crippen LogP contribution in [-0.2, 0) is 9.59 Å². The lowest BCUT2D eigenvalue weighted by atomic mass is 10.0. The van der Waals surface area contributed by atoms with E-state index in [0.29, 0.717) is 6.54 Å². The number of para-hydroxylation sites is 1. The summed E-state index contributed by atoms with van der Waals surface area (Å²) >= 11 is 0. The molecule has 2 amide bonds. The monoisotopic (exact) mass is 359 g/mol. The van der Waals surface area contributed by atoms with E-state index in [-0.39, 0.29) is 36.8 Å². The van der Waals surface area contributed by atoms with Gasteiger partial charge in [-0.05, 0) is 37.8 Å². The molecule has 0 aliphatic carbocycles. The van der Waals surface area contributed by atoms with E-state index in [1.54, 1.807) is 0 Å². The molecule has 0 aromatic heterocycles. The van der Waals surface area contributed by atoms with Crippen LogP contribution < -0.4 is 5.32 Å².